The Balaban J connectivity index is 1.40. The summed E-state index contributed by atoms with van der Waals surface area (Å²) in [6, 6.07) is 6.80. The molecule has 0 bridgehead atoms. The van der Waals surface area contributed by atoms with Crippen LogP contribution in [0.15, 0.2) is 36.5 Å². The van der Waals surface area contributed by atoms with Crippen LogP contribution in [-0.2, 0) is 11.0 Å². The molecular weight excluding hydrogens is 548 g/mol. The molecule has 39 heavy (non-hydrogen) atoms. The summed E-state index contributed by atoms with van der Waals surface area (Å²) < 4.78 is 85.7. The van der Waals surface area contributed by atoms with Crippen molar-refractivity contribution in [1.29, 1.82) is 5.26 Å². The molecule has 0 radical (unpaired) electrons. The monoisotopic (exact) mass is 569 g/mol. The summed E-state index contributed by atoms with van der Waals surface area (Å²) >= 11 is 5.57. The van der Waals surface area contributed by atoms with Crippen molar-refractivity contribution in [2.45, 2.75) is 62.1 Å². The molecule has 2 aromatic rings. The van der Waals surface area contributed by atoms with Crippen LogP contribution in [0.5, 0.6) is 5.75 Å². The van der Waals surface area contributed by atoms with E-state index in [1.54, 1.807) is 29.2 Å². The van der Waals surface area contributed by atoms with E-state index in [0.717, 1.165) is 11.1 Å². The fraction of sp³-hybridized carbons (Fsp3) is 0.440. The van der Waals surface area contributed by atoms with Gasteiger partial charge in [-0.05, 0) is 74.8 Å². The number of alkyl halides is 6. The largest absolute Gasteiger partial charge is 0.490 e. The Morgan fingerprint density at radius 3 is 2.38 bits per heavy atom. The molecular formula is C25H21F6N5O2S. The van der Waals surface area contributed by atoms with Gasteiger partial charge in [0.25, 0.3) is 5.91 Å². The molecule has 14 heteroatoms. The van der Waals surface area contributed by atoms with E-state index < -0.39 is 47.2 Å². The Morgan fingerprint density at radius 1 is 1.13 bits per heavy atom. The number of hydrogen-bond acceptors (Lipinski definition) is 6. The number of benzene rings is 1. The lowest BCUT2D eigenvalue weighted by molar-refractivity contribution is -0.166. The van der Waals surface area contributed by atoms with Crippen molar-refractivity contribution in [1.82, 2.24) is 10.3 Å². The van der Waals surface area contributed by atoms with E-state index >= 15 is 0 Å². The molecule has 2 saturated heterocycles. The molecule has 1 amide bonds. The molecule has 0 unspecified atom stereocenters. The van der Waals surface area contributed by atoms with Gasteiger partial charge in [0.15, 0.2) is 10.8 Å². The number of aromatic nitrogens is 1. The number of halogens is 6. The van der Waals surface area contributed by atoms with Crippen LogP contribution in [0, 0.1) is 11.3 Å². The first-order chi connectivity index (χ1) is 18.3. The number of nitriles is 1. The van der Waals surface area contributed by atoms with Crippen LogP contribution in [0.4, 0.5) is 37.7 Å². The SMILES string of the molecule is N#Cc1ncc(N2C(=O)C3(CCC3)N(c3ccc(O[C@@H]4CCN[C@H](C(F)(F)F)C4)cc3)C2=S)cc1C(F)(F)F. The summed E-state index contributed by atoms with van der Waals surface area (Å²) in [7, 11) is 0. The maximum Gasteiger partial charge on any atom is 0.419 e. The maximum atomic E-state index is 13.6. The zero-order valence-corrected chi connectivity index (χ0v) is 21.0. The number of carbonyl (C=O) groups is 1. The van der Waals surface area contributed by atoms with Gasteiger partial charge in [0, 0.05) is 12.1 Å². The highest BCUT2D eigenvalue weighted by Gasteiger charge is 2.59. The molecule has 2 atom stereocenters. The Morgan fingerprint density at radius 2 is 1.82 bits per heavy atom. The topological polar surface area (TPSA) is 81.5 Å². The number of amides is 1. The van der Waals surface area contributed by atoms with E-state index in [9.17, 15) is 31.1 Å². The number of ether oxygens (including phenoxy) is 1. The molecule has 1 aliphatic carbocycles. The quantitative estimate of drug-likeness (QED) is 0.406. The van der Waals surface area contributed by atoms with Gasteiger partial charge in [0.1, 0.15) is 29.5 Å². The van der Waals surface area contributed by atoms with Crippen LogP contribution in [0.1, 0.15) is 43.4 Å². The normalized spacial score (nSPS) is 23.1. The van der Waals surface area contributed by atoms with E-state index in [2.05, 4.69) is 10.3 Å². The van der Waals surface area contributed by atoms with Crippen LogP contribution < -0.4 is 19.9 Å². The second-order valence-electron chi connectivity index (χ2n) is 9.65. The van der Waals surface area contributed by atoms with Crippen LogP contribution in [0.25, 0.3) is 0 Å². The summed E-state index contributed by atoms with van der Waals surface area (Å²) in [5, 5.41) is 11.4. The van der Waals surface area contributed by atoms with E-state index in [4.69, 9.17) is 22.2 Å². The molecule has 1 aromatic carbocycles. The summed E-state index contributed by atoms with van der Waals surface area (Å²) in [5.74, 6) is -0.153. The molecule has 5 rings (SSSR count). The third kappa shape index (κ3) is 4.78. The number of pyridine rings is 1. The smallest absolute Gasteiger partial charge is 0.419 e. The molecule has 3 aliphatic rings. The van der Waals surface area contributed by atoms with Crippen molar-refractivity contribution in [3.63, 3.8) is 0 Å². The average Bonchev–Trinajstić information content (AvgIpc) is 3.10. The van der Waals surface area contributed by atoms with Gasteiger partial charge in [-0.25, -0.2) is 4.98 Å². The van der Waals surface area contributed by atoms with Crippen molar-refractivity contribution >= 4 is 34.6 Å². The first-order valence-corrected chi connectivity index (χ1v) is 12.5. The Kier molecular flexibility index (Phi) is 6.70. The van der Waals surface area contributed by atoms with Crippen molar-refractivity contribution in [3.8, 4) is 11.8 Å². The molecule has 3 heterocycles. The predicted octanol–water partition coefficient (Wildman–Crippen LogP) is 5.09. The maximum absolute atomic E-state index is 13.6. The molecule has 206 valence electrons. The number of nitrogens with zero attached hydrogens (tertiary/aromatic N) is 4. The highest BCUT2D eigenvalue weighted by Crippen LogP contribution is 2.48. The van der Waals surface area contributed by atoms with E-state index in [1.165, 1.54) is 6.07 Å². The molecule has 3 fully saturated rings. The molecule has 1 spiro atoms. The molecule has 1 N–H and O–H groups in total. The molecule has 7 nitrogen and oxygen atoms in total. The van der Waals surface area contributed by atoms with Gasteiger partial charge in [-0.2, -0.15) is 31.6 Å². The van der Waals surface area contributed by atoms with Gasteiger partial charge in [-0.1, -0.05) is 0 Å². The molecule has 2 aliphatic heterocycles. The van der Waals surface area contributed by atoms with Gasteiger partial charge in [-0.3, -0.25) is 9.69 Å². The second-order valence-corrected chi connectivity index (χ2v) is 10.0. The lowest BCUT2D eigenvalue weighted by Gasteiger charge is -2.43. The first-order valence-electron chi connectivity index (χ1n) is 12.1. The third-order valence-electron chi connectivity index (χ3n) is 7.28. The zero-order valence-electron chi connectivity index (χ0n) is 20.1. The van der Waals surface area contributed by atoms with Crippen molar-refractivity contribution < 1.29 is 35.9 Å². The number of nitrogens with one attached hydrogen (secondary N) is 1. The second kappa shape index (κ2) is 9.63. The van der Waals surface area contributed by atoms with Crippen molar-refractivity contribution in [2.75, 3.05) is 16.3 Å². The van der Waals surface area contributed by atoms with Gasteiger partial charge >= 0.3 is 12.4 Å². The van der Waals surface area contributed by atoms with Gasteiger partial charge in [0.05, 0.1) is 17.4 Å². The standard InChI is InChI=1S/C25H21F6N5O2S/c26-24(27,28)18-10-15(13-34-19(18)12-32)35-21(37)23(7-1-8-23)36(22(35)39)14-2-4-16(5-3-14)38-17-6-9-33-20(11-17)25(29,30)31/h2-5,10,13,17,20,33H,1,6-9,11H2/t17-,20+/m1/s1. The lowest BCUT2D eigenvalue weighted by atomic mass is 9.75. The molecule has 1 saturated carbocycles. The van der Waals surface area contributed by atoms with Gasteiger partial charge in [0.2, 0.25) is 0 Å². The van der Waals surface area contributed by atoms with E-state index in [0.29, 0.717) is 43.2 Å². The van der Waals surface area contributed by atoms with Gasteiger partial charge < -0.3 is 15.0 Å². The number of piperidine rings is 1. The average molecular weight is 570 g/mol. The highest BCUT2D eigenvalue weighted by molar-refractivity contribution is 7.81. The number of thiocarbonyl (C=S) groups is 1. The van der Waals surface area contributed by atoms with Crippen molar-refractivity contribution in [2.24, 2.45) is 0 Å². The highest BCUT2D eigenvalue weighted by atomic mass is 32.1. The zero-order chi connectivity index (χ0) is 28.2. The van der Waals surface area contributed by atoms with E-state index in [1.807, 2.05) is 0 Å². The summed E-state index contributed by atoms with van der Waals surface area (Å²) in [6.45, 7) is 0.162. The minimum atomic E-state index is -4.86. The summed E-state index contributed by atoms with van der Waals surface area (Å²) in [6.07, 6.45) is -7.15. The van der Waals surface area contributed by atoms with Crippen LogP contribution in [0.3, 0.4) is 0 Å². The van der Waals surface area contributed by atoms with Crippen LogP contribution >= 0.6 is 12.2 Å². The first kappa shape index (κ1) is 27.1. The number of anilines is 2. The summed E-state index contributed by atoms with van der Waals surface area (Å²) in [4.78, 5) is 19.8. The minimum Gasteiger partial charge on any atom is -0.490 e. The Labute approximate surface area is 224 Å². The summed E-state index contributed by atoms with van der Waals surface area (Å²) in [5.41, 5.74) is -2.88. The lowest BCUT2D eigenvalue weighted by Crippen LogP contribution is -2.55. The Bertz CT molecular complexity index is 1340. The number of carbonyl (C=O) groups excluding carboxylic acids is 1. The van der Waals surface area contributed by atoms with E-state index in [-0.39, 0.29) is 23.8 Å². The number of hydrogen-bond donors (Lipinski definition) is 1. The van der Waals surface area contributed by atoms with Crippen LogP contribution in [-0.4, -0.2) is 46.4 Å². The fourth-order valence-corrected chi connectivity index (χ4v) is 5.66. The van der Waals surface area contributed by atoms with Crippen LogP contribution in [0.2, 0.25) is 0 Å². The number of rotatable bonds is 4. The minimum absolute atomic E-state index is 0.0422. The predicted molar refractivity (Wildman–Crippen MR) is 131 cm³/mol. The van der Waals surface area contributed by atoms with Crippen molar-refractivity contribution in [3.05, 3.63) is 47.8 Å². The van der Waals surface area contributed by atoms with Gasteiger partial charge in [-0.15, -0.1) is 0 Å². The Hall–Kier alpha value is -3.44. The fourth-order valence-electron chi connectivity index (χ4n) is 5.19. The third-order valence-corrected chi connectivity index (χ3v) is 7.65. The molecule has 1 aromatic heterocycles.